The van der Waals surface area contributed by atoms with Crippen molar-refractivity contribution in [1.82, 2.24) is 14.9 Å². The summed E-state index contributed by atoms with van der Waals surface area (Å²) in [6, 6.07) is 6.79. The van der Waals surface area contributed by atoms with E-state index in [2.05, 4.69) is 10.9 Å². The number of ether oxygens (including phenoxy) is 1. The maximum absolute atomic E-state index is 16.8. The molecule has 6 rings (SSSR count). The van der Waals surface area contributed by atoms with Crippen molar-refractivity contribution in [3.05, 3.63) is 63.1 Å². The first-order valence-corrected chi connectivity index (χ1v) is 15.9. The molecule has 0 aromatic heterocycles. The van der Waals surface area contributed by atoms with Gasteiger partial charge in [-0.15, -0.1) is 6.42 Å². The van der Waals surface area contributed by atoms with E-state index in [1.807, 2.05) is 17.0 Å². The number of rotatable bonds is 6. The van der Waals surface area contributed by atoms with Crippen LogP contribution >= 0.6 is 11.6 Å². The standard InChI is InChI=1S/C35H37ClF4N4O3/c1-5-23-27(37)8-7-20-13-22(45)15-24(28(20)23)29-26(36)14-21-16-44(43-11-6-10-35(3,46)18-43)33(41-31(21)30(29)38)47-19-34(2)17-42(4)12-9-25(34)32(39)40/h1,7-8,13-16,25,32-33,45-46H,6,9-12,17-19H2,2-4H3/t25-,33?,34+,35-/m1/s1. The van der Waals surface area contributed by atoms with E-state index in [4.69, 9.17) is 22.8 Å². The summed E-state index contributed by atoms with van der Waals surface area (Å²) in [4.78, 5) is 6.67. The van der Waals surface area contributed by atoms with Crippen LogP contribution in [0.2, 0.25) is 5.02 Å². The van der Waals surface area contributed by atoms with E-state index < -0.39 is 41.3 Å². The Labute approximate surface area is 275 Å². The van der Waals surface area contributed by atoms with Crippen LogP contribution in [0.25, 0.3) is 28.1 Å². The van der Waals surface area contributed by atoms with Crippen molar-refractivity contribution in [2.75, 3.05) is 39.8 Å². The van der Waals surface area contributed by atoms with Gasteiger partial charge in [0, 0.05) is 53.3 Å². The lowest BCUT2D eigenvalue weighted by Crippen LogP contribution is -2.59. The van der Waals surface area contributed by atoms with Gasteiger partial charge in [0.15, 0.2) is 5.82 Å². The lowest BCUT2D eigenvalue weighted by Gasteiger charge is -2.47. The van der Waals surface area contributed by atoms with Gasteiger partial charge in [-0.05, 0) is 75.0 Å². The van der Waals surface area contributed by atoms with Gasteiger partial charge < -0.3 is 19.8 Å². The number of benzene rings is 3. The molecule has 4 atom stereocenters. The van der Waals surface area contributed by atoms with Crippen LogP contribution in [-0.4, -0.2) is 83.3 Å². The molecule has 2 saturated heterocycles. The number of phenols is 1. The maximum atomic E-state index is 16.8. The molecule has 7 nitrogen and oxygen atoms in total. The molecule has 3 aliphatic rings. The van der Waals surface area contributed by atoms with Crippen LogP contribution in [0.3, 0.4) is 0 Å². The monoisotopic (exact) mass is 672 g/mol. The van der Waals surface area contributed by atoms with Gasteiger partial charge in [-0.25, -0.2) is 27.6 Å². The molecule has 47 heavy (non-hydrogen) atoms. The lowest BCUT2D eigenvalue weighted by molar-refractivity contribution is -0.182. The van der Waals surface area contributed by atoms with E-state index in [1.165, 1.54) is 30.3 Å². The van der Waals surface area contributed by atoms with Crippen LogP contribution in [-0.2, 0) is 4.74 Å². The minimum absolute atomic E-state index is 0.0330. The number of β-amino-alcohol motifs (C(OH)–C–C–N with tert-alkyl or cyclic N) is 1. The van der Waals surface area contributed by atoms with Crippen LogP contribution < -0.4 is 10.6 Å². The Morgan fingerprint density at radius 1 is 1.17 bits per heavy atom. The summed E-state index contributed by atoms with van der Waals surface area (Å²) < 4.78 is 66.4. The second-order valence-electron chi connectivity index (χ2n) is 13.5. The van der Waals surface area contributed by atoms with Crippen molar-refractivity contribution in [3.63, 3.8) is 0 Å². The zero-order valence-electron chi connectivity index (χ0n) is 26.4. The number of aliphatic hydroxyl groups is 1. The normalized spacial score (nSPS) is 27.0. The third kappa shape index (κ3) is 6.30. The summed E-state index contributed by atoms with van der Waals surface area (Å²) in [5, 5.41) is 25.7. The van der Waals surface area contributed by atoms with E-state index >= 15 is 4.39 Å². The number of hydrogen-bond acceptors (Lipinski definition) is 7. The smallest absolute Gasteiger partial charge is 0.242 e. The van der Waals surface area contributed by atoms with E-state index in [-0.39, 0.29) is 51.4 Å². The number of piperidine rings is 2. The molecule has 2 fully saturated rings. The molecule has 3 aliphatic heterocycles. The second-order valence-corrected chi connectivity index (χ2v) is 13.9. The van der Waals surface area contributed by atoms with Crippen LogP contribution in [0.4, 0.5) is 17.6 Å². The molecule has 0 bridgehead atoms. The zero-order valence-corrected chi connectivity index (χ0v) is 27.2. The van der Waals surface area contributed by atoms with E-state index in [9.17, 15) is 23.4 Å². The molecule has 2 N–H and O–H groups in total. The Kier molecular flexibility index (Phi) is 8.96. The maximum Gasteiger partial charge on any atom is 0.242 e. The minimum Gasteiger partial charge on any atom is -0.508 e. The fourth-order valence-corrected chi connectivity index (χ4v) is 7.64. The Morgan fingerprint density at radius 3 is 2.64 bits per heavy atom. The highest BCUT2D eigenvalue weighted by molar-refractivity contribution is 6.33. The number of hydrogen-bond donors (Lipinski definition) is 2. The van der Waals surface area contributed by atoms with Crippen molar-refractivity contribution in [3.8, 4) is 29.2 Å². The molecule has 3 aromatic carbocycles. The summed E-state index contributed by atoms with van der Waals surface area (Å²) in [6.07, 6.45) is 5.13. The number of fused-ring (bicyclic) bond motifs is 2. The van der Waals surface area contributed by atoms with Gasteiger partial charge in [0.05, 0.1) is 22.8 Å². The second kappa shape index (κ2) is 12.6. The van der Waals surface area contributed by atoms with Crippen LogP contribution in [0, 0.1) is 35.3 Å². The van der Waals surface area contributed by atoms with Gasteiger partial charge in [-0.1, -0.05) is 30.5 Å². The molecule has 3 aromatic rings. The van der Waals surface area contributed by atoms with E-state index in [0.29, 0.717) is 49.5 Å². The third-order valence-corrected chi connectivity index (χ3v) is 9.92. The number of likely N-dealkylation sites (tertiary alicyclic amines) is 1. The van der Waals surface area contributed by atoms with Crippen LogP contribution in [0.1, 0.15) is 38.7 Å². The summed E-state index contributed by atoms with van der Waals surface area (Å²) in [6.45, 7) is 5.10. The highest BCUT2D eigenvalue weighted by Gasteiger charge is 2.45. The quantitative estimate of drug-likeness (QED) is 0.281. The van der Waals surface area contributed by atoms with Crippen LogP contribution in [0.5, 0.6) is 5.75 Å². The molecule has 0 spiro atoms. The molecule has 0 amide bonds. The van der Waals surface area contributed by atoms with Gasteiger partial charge in [0.25, 0.3) is 0 Å². The van der Waals surface area contributed by atoms with Gasteiger partial charge >= 0.3 is 0 Å². The molecule has 250 valence electrons. The van der Waals surface area contributed by atoms with Crippen molar-refractivity contribution in [1.29, 1.82) is 0 Å². The van der Waals surface area contributed by atoms with Crippen molar-refractivity contribution >= 4 is 28.6 Å². The Bertz CT molecular complexity index is 1880. The molecular weight excluding hydrogens is 636 g/mol. The van der Waals surface area contributed by atoms with Crippen molar-refractivity contribution < 1.29 is 32.5 Å². The summed E-state index contributed by atoms with van der Waals surface area (Å²) in [5.74, 6) is -0.325. The fourth-order valence-electron chi connectivity index (χ4n) is 7.34. The molecular formula is C35H37ClF4N4O3. The van der Waals surface area contributed by atoms with Gasteiger partial charge in [-0.3, -0.25) is 5.01 Å². The van der Waals surface area contributed by atoms with E-state index in [1.54, 1.807) is 25.1 Å². The number of halogens is 5. The zero-order chi connectivity index (χ0) is 33.8. The molecule has 1 unspecified atom stereocenters. The van der Waals surface area contributed by atoms with Crippen LogP contribution in [0.15, 0.2) is 35.3 Å². The summed E-state index contributed by atoms with van der Waals surface area (Å²) >= 11 is 6.74. The van der Waals surface area contributed by atoms with Gasteiger partial charge in [0.2, 0.25) is 12.8 Å². The predicted octanol–water partition coefficient (Wildman–Crippen LogP) is 5.08. The molecule has 0 saturated carbocycles. The SMILES string of the molecule is C#Cc1c(F)ccc2cc(O)cc(-c3c(Cl)cc4c(c3F)=NC(OC[C@]3(C)CN(C)CC[C@@H]3C(F)F)N(N3CCC[C@@](C)(O)C3)C=4)c12. The first-order valence-electron chi connectivity index (χ1n) is 15.5. The Morgan fingerprint density at radius 2 is 1.94 bits per heavy atom. The number of aromatic hydroxyl groups is 1. The average Bonchev–Trinajstić information content (AvgIpc) is 2.99. The van der Waals surface area contributed by atoms with E-state index in [0.717, 1.165) is 0 Å². The first kappa shape index (κ1) is 33.5. The average molecular weight is 673 g/mol. The lowest BCUT2D eigenvalue weighted by atomic mass is 9.73. The Hall–Kier alpha value is -3.40. The number of phenolic OH excluding ortho intramolecular Hbond substituents is 1. The highest BCUT2D eigenvalue weighted by Crippen LogP contribution is 2.41. The van der Waals surface area contributed by atoms with Crippen molar-refractivity contribution in [2.24, 2.45) is 16.3 Å². The summed E-state index contributed by atoms with van der Waals surface area (Å²) in [5.41, 5.74) is -2.11. The first-order chi connectivity index (χ1) is 22.2. The van der Waals surface area contributed by atoms with Gasteiger partial charge in [0.1, 0.15) is 16.9 Å². The number of terminal acetylenes is 1. The number of nitrogens with zero attached hydrogens (tertiary/aromatic N) is 4. The van der Waals surface area contributed by atoms with Gasteiger partial charge in [-0.2, -0.15) is 0 Å². The number of hydrazine groups is 1. The molecule has 0 radical (unpaired) electrons. The minimum atomic E-state index is -2.54. The number of alkyl halides is 2. The van der Waals surface area contributed by atoms with Crippen molar-refractivity contribution in [2.45, 2.75) is 51.5 Å². The largest absolute Gasteiger partial charge is 0.508 e. The third-order valence-electron chi connectivity index (χ3n) is 9.62. The fraction of sp³-hybridized carbons (Fsp3) is 0.457. The molecule has 3 heterocycles. The Balaban J connectivity index is 1.50. The summed E-state index contributed by atoms with van der Waals surface area (Å²) in [7, 11) is 1.88. The molecule has 12 heteroatoms. The predicted molar refractivity (Wildman–Crippen MR) is 172 cm³/mol. The molecule has 0 aliphatic carbocycles. The topological polar surface area (TPSA) is 71.8 Å². The highest BCUT2D eigenvalue weighted by atomic mass is 35.5.